The molecule has 0 saturated carbocycles. The Morgan fingerprint density at radius 3 is 2.83 bits per heavy atom. The summed E-state index contributed by atoms with van der Waals surface area (Å²) in [6.07, 6.45) is 3.52. The number of nitrogens with zero attached hydrogens (tertiary/aromatic N) is 3. The van der Waals surface area contributed by atoms with E-state index in [4.69, 9.17) is 4.74 Å². The van der Waals surface area contributed by atoms with Crippen LogP contribution >= 0.6 is 15.9 Å². The quantitative estimate of drug-likeness (QED) is 0.799. The van der Waals surface area contributed by atoms with Crippen molar-refractivity contribution in [1.82, 2.24) is 9.97 Å². The van der Waals surface area contributed by atoms with E-state index in [1.807, 2.05) is 4.90 Å². The monoisotopic (exact) mass is 317 g/mol. The number of piperidine rings is 1. The minimum absolute atomic E-state index is 0.282. The number of hydrogen-bond donors (Lipinski definition) is 0. The van der Waals surface area contributed by atoms with Gasteiger partial charge in [0, 0.05) is 18.4 Å². The molecule has 0 amide bonds. The van der Waals surface area contributed by atoms with Gasteiger partial charge in [0.1, 0.15) is 6.33 Å². The average Bonchev–Trinajstić information content (AvgIpc) is 2.40. The highest BCUT2D eigenvalue weighted by atomic mass is 79.9. The molecule has 0 aromatic carbocycles. The third kappa shape index (κ3) is 3.17. The number of rotatable bonds is 4. The van der Waals surface area contributed by atoms with Crippen LogP contribution in [0.1, 0.15) is 18.5 Å². The largest absolute Gasteiger partial charge is 0.377 e. The van der Waals surface area contributed by atoms with Gasteiger partial charge in [-0.3, -0.25) is 0 Å². The molecule has 0 aliphatic carbocycles. The normalized spacial score (nSPS) is 17.2. The Labute approximate surface area is 115 Å². The summed E-state index contributed by atoms with van der Waals surface area (Å²) in [7, 11) is 0. The number of alkyl halides is 1. The maximum absolute atomic E-state index is 13.9. The molecule has 6 heteroatoms. The van der Waals surface area contributed by atoms with Crippen LogP contribution in [-0.4, -0.2) is 41.1 Å². The smallest absolute Gasteiger partial charge is 0.186 e. The Kier molecular flexibility index (Phi) is 4.88. The van der Waals surface area contributed by atoms with E-state index in [1.165, 1.54) is 6.33 Å². The molecule has 1 aliphatic heterocycles. The summed E-state index contributed by atoms with van der Waals surface area (Å²) in [6, 6.07) is 0. The van der Waals surface area contributed by atoms with Crippen LogP contribution in [0.5, 0.6) is 0 Å². The second kappa shape index (κ2) is 6.43. The summed E-state index contributed by atoms with van der Waals surface area (Å²) in [4.78, 5) is 9.86. The first-order valence-electron chi connectivity index (χ1n) is 6.12. The molecule has 18 heavy (non-hydrogen) atoms. The van der Waals surface area contributed by atoms with E-state index in [1.54, 1.807) is 6.92 Å². The van der Waals surface area contributed by atoms with Crippen LogP contribution in [0.3, 0.4) is 0 Å². The summed E-state index contributed by atoms with van der Waals surface area (Å²) in [5.74, 6) is 0.110. The van der Waals surface area contributed by atoms with Crippen LogP contribution in [0.25, 0.3) is 0 Å². The SMILES string of the molecule is Cc1ncnc(N2CCC(OCCBr)CC2)c1F. The van der Waals surface area contributed by atoms with E-state index >= 15 is 0 Å². The fourth-order valence-corrected chi connectivity index (χ4v) is 2.30. The number of aryl methyl sites for hydroxylation is 1. The van der Waals surface area contributed by atoms with Crippen molar-refractivity contribution in [3.63, 3.8) is 0 Å². The molecule has 2 rings (SSSR count). The van der Waals surface area contributed by atoms with Gasteiger partial charge in [-0.2, -0.15) is 0 Å². The number of hydrogen-bond acceptors (Lipinski definition) is 4. The fourth-order valence-electron chi connectivity index (χ4n) is 2.11. The highest BCUT2D eigenvalue weighted by Gasteiger charge is 2.23. The standard InChI is InChI=1S/C12H17BrFN3O/c1-9-11(14)12(16-8-15-9)17-5-2-10(3-6-17)18-7-4-13/h8,10H,2-7H2,1H3. The van der Waals surface area contributed by atoms with Crippen molar-refractivity contribution in [2.24, 2.45) is 0 Å². The summed E-state index contributed by atoms with van der Waals surface area (Å²) in [6.45, 7) is 3.94. The van der Waals surface area contributed by atoms with Crippen molar-refractivity contribution in [2.45, 2.75) is 25.9 Å². The molecule has 1 aromatic rings. The third-order valence-electron chi connectivity index (χ3n) is 3.12. The van der Waals surface area contributed by atoms with E-state index in [-0.39, 0.29) is 11.9 Å². The Balaban J connectivity index is 1.95. The molecular weight excluding hydrogens is 301 g/mol. The molecule has 1 aromatic heterocycles. The van der Waals surface area contributed by atoms with Gasteiger partial charge in [0.15, 0.2) is 11.6 Å². The number of aromatic nitrogens is 2. The van der Waals surface area contributed by atoms with Crippen LogP contribution in [0, 0.1) is 12.7 Å². The Morgan fingerprint density at radius 1 is 1.44 bits per heavy atom. The Morgan fingerprint density at radius 2 is 2.17 bits per heavy atom. The fraction of sp³-hybridized carbons (Fsp3) is 0.667. The highest BCUT2D eigenvalue weighted by Crippen LogP contribution is 2.22. The molecule has 0 bridgehead atoms. The summed E-state index contributed by atoms with van der Waals surface area (Å²) < 4.78 is 19.6. The van der Waals surface area contributed by atoms with E-state index in [9.17, 15) is 4.39 Å². The van der Waals surface area contributed by atoms with Crippen molar-refractivity contribution < 1.29 is 9.13 Å². The predicted molar refractivity (Wildman–Crippen MR) is 71.7 cm³/mol. The van der Waals surface area contributed by atoms with Gasteiger partial charge in [-0.25, -0.2) is 14.4 Å². The first-order chi connectivity index (χ1) is 8.72. The average molecular weight is 318 g/mol. The molecular formula is C12H17BrFN3O. The van der Waals surface area contributed by atoms with Gasteiger partial charge in [0.2, 0.25) is 0 Å². The van der Waals surface area contributed by atoms with Gasteiger partial charge in [-0.1, -0.05) is 15.9 Å². The molecule has 1 saturated heterocycles. The summed E-state index contributed by atoms with van der Waals surface area (Å²) >= 11 is 3.34. The summed E-state index contributed by atoms with van der Waals surface area (Å²) in [5, 5.41) is 0.854. The van der Waals surface area contributed by atoms with Crippen molar-refractivity contribution >= 4 is 21.7 Å². The summed E-state index contributed by atoms with van der Waals surface area (Å²) in [5.41, 5.74) is 0.401. The van der Waals surface area contributed by atoms with Crippen LogP contribution in [0.15, 0.2) is 6.33 Å². The van der Waals surface area contributed by atoms with E-state index in [2.05, 4.69) is 25.9 Å². The lowest BCUT2D eigenvalue weighted by molar-refractivity contribution is 0.0479. The second-order valence-electron chi connectivity index (χ2n) is 4.34. The van der Waals surface area contributed by atoms with Crippen molar-refractivity contribution in [2.75, 3.05) is 29.9 Å². The molecule has 0 radical (unpaired) electrons. The lowest BCUT2D eigenvalue weighted by Crippen LogP contribution is -2.38. The minimum Gasteiger partial charge on any atom is -0.377 e. The maximum atomic E-state index is 13.9. The van der Waals surface area contributed by atoms with Crippen LogP contribution < -0.4 is 4.90 Å². The zero-order chi connectivity index (χ0) is 13.0. The molecule has 0 spiro atoms. The zero-order valence-electron chi connectivity index (χ0n) is 10.4. The Hall–Kier alpha value is -0.750. The molecule has 4 nitrogen and oxygen atoms in total. The van der Waals surface area contributed by atoms with Gasteiger partial charge < -0.3 is 9.64 Å². The van der Waals surface area contributed by atoms with Gasteiger partial charge in [-0.05, 0) is 19.8 Å². The molecule has 1 aliphatic rings. The molecule has 100 valence electrons. The van der Waals surface area contributed by atoms with Crippen LogP contribution in [0.2, 0.25) is 0 Å². The van der Waals surface area contributed by atoms with E-state index < -0.39 is 0 Å². The topological polar surface area (TPSA) is 38.2 Å². The van der Waals surface area contributed by atoms with Crippen molar-refractivity contribution in [3.8, 4) is 0 Å². The lowest BCUT2D eigenvalue weighted by Gasteiger charge is -2.32. The predicted octanol–water partition coefficient (Wildman–Crippen LogP) is 2.30. The van der Waals surface area contributed by atoms with Crippen molar-refractivity contribution in [3.05, 3.63) is 17.8 Å². The van der Waals surface area contributed by atoms with E-state index in [0.29, 0.717) is 11.5 Å². The molecule has 0 unspecified atom stereocenters. The maximum Gasteiger partial charge on any atom is 0.186 e. The first kappa shape index (κ1) is 13.7. The van der Waals surface area contributed by atoms with Crippen LogP contribution in [-0.2, 0) is 4.74 Å². The van der Waals surface area contributed by atoms with E-state index in [0.717, 1.165) is 37.9 Å². The first-order valence-corrected chi connectivity index (χ1v) is 7.24. The lowest BCUT2D eigenvalue weighted by atomic mass is 10.1. The van der Waals surface area contributed by atoms with Gasteiger partial charge in [-0.15, -0.1) is 0 Å². The second-order valence-corrected chi connectivity index (χ2v) is 5.14. The number of ether oxygens (including phenoxy) is 1. The van der Waals surface area contributed by atoms with Gasteiger partial charge in [0.05, 0.1) is 18.4 Å². The highest BCUT2D eigenvalue weighted by molar-refractivity contribution is 9.09. The number of halogens is 2. The third-order valence-corrected chi connectivity index (χ3v) is 3.44. The van der Waals surface area contributed by atoms with Gasteiger partial charge in [0.25, 0.3) is 0 Å². The number of anilines is 1. The molecule has 0 atom stereocenters. The van der Waals surface area contributed by atoms with Crippen molar-refractivity contribution in [1.29, 1.82) is 0 Å². The Bertz CT molecular complexity index is 397. The zero-order valence-corrected chi connectivity index (χ0v) is 12.0. The molecule has 2 heterocycles. The molecule has 1 fully saturated rings. The molecule has 0 N–H and O–H groups in total. The van der Waals surface area contributed by atoms with Crippen LogP contribution in [0.4, 0.5) is 10.2 Å². The van der Waals surface area contributed by atoms with Gasteiger partial charge >= 0.3 is 0 Å². The minimum atomic E-state index is -0.308.